The number of halogens is 1. The molecule has 1 unspecified atom stereocenters. The van der Waals surface area contributed by atoms with Crippen molar-refractivity contribution in [2.45, 2.75) is 44.2 Å². The number of imidazole rings is 1. The largest absolute Gasteiger partial charge is 0.329 e. The number of fused-ring (bicyclic) bond motifs is 1. The molecule has 0 amide bonds. The Bertz CT molecular complexity index is 368. The molecule has 1 saturated carbocycles. The van der Waals surface area contributed by atoms with Crippen molar-refractivity contribution in [3.63, 3.8) is 0 Å². The van der Waals surface area contributed by atoms with Crippen molar-refractivity contribution in [1.29, 1.82) is 0 Å². The molecular formula is C10H14BrN3. The molecule has 76 valence electrons. The molecule has 14 heavy (non-hydrogen) atoms. The molecule has 0 saturated heterocycles. The number of rotatable bonds is 1. The highest BCUT2D eigenvalue weighted by Crippen LogP contribution is 2.43. The van der Waals surface area contributed by atoms with Crippen molar-refractivity contribution in [3.8, 4) is 0 Å². The molecule has 4 heteroatoms. The van der Waals surface area contributed by atoms with Gasteiger partial charge in [0.2, 0.25) is 0 Å². The molecule has 0 radical (unpaired) electrons. The second-order valence-corrected chi connectivity index (χ2v) is 5.07. The Balaban J connectivity index is 2.11. The average Bonchev–Trinajstić information content (AvgIpc) is 2.93. The van der Waals surface area contributed by atoms with Crippen molar-refractivity contribution in [1.82, 2.24) is 9.55 Å². The van der Waals surface area contributed by atoms with Crippen LogP contribution in [0.15, 0.2) is 4.60 Å². The summed E-state index contributed by atoms with van der Waals surface area (Å²) >= 11 is 3.53. The summed E-state index contributed by atoms with van der Waals surface area (Å²) in [6.07, 6.45) is 4.89. The Labute approximate surface area is 91.8 Å². The molecule has 1 fully saturated rings. The van der Waals surface area contributed by atoms with Crippen LogP contribution in [0, 0.1) is 0 Å². The van der Waals surface area contributed by atoms with Gasteiger partial charge in [0.1, 0.15) is 10.4 Å². The fourth-order valence-electron chi connectivity index (χ4n) is 2.30. The molecule has 3 nitrogen and oxygen atoms in total. The summed E-state index contributed by atoms with van der Waals surface area (Å²) < 4.78 is 3.32. The van der Waals surface area contributed by atoms with Crippen LogP contribution >= 0.6 is 15.9 Å². The zero-order chi connectivity index (χ0) is 9.71. The van der Waals surface area contributed by atoms with Crippen LogP contribution in [0.3, 0.4) is 0 Å². The zero-order valence-corrected chi connectivity index (χ0v) is 9.63. The fourth-order valence-corrected chi connectivity index (χ4v) is 2.99. The van der Waals surface area contributed by atoms with Gasteiger partial charge in [-0.25, -0.2) is 4.98 Å². The van der Waals surface area contributed by atoms with Gasteiger partial charge in [0, 0.05) is 18.5 Å². The summed E-state index contributed by atoms with van der Waals surface area (Å²) in [5, 5.41) is 0. The topological polar surface area (TPSA) is 43.8 Å². The van der Waals surface area contributed by atoms with Crippen LogP contribution < -0.4 is 5.73 Å². The Hall–Kier alpha value is -0.350. The van der Waals surface area contributed by atoms with Crippen molar-refractivity contribution in [2.24, 2.45) is 5.73 Å². The Morgan fingerprint density at radius 2 is 2.14 bits per heavy atom. The van der Waals surface area contributed by atoms with Crippen LogP contribution in [0.4, 0.5) is 0 Å². The first-order valence-electron chi connectivity index (χ1n) is 5.29. The first-order valence-corrected chi connectivity index (χ1v) is 6.08. The maximum Gasteiger partial charge on any atom is 0.129 e. The number of nitrogens with zero attached hydrogens (tertiary/aromatic N) is 2. The van der Waals surface area contributed by atoms with Gasteiger partial charge < -0.3 is 10.3 Å². The van der Waals surface area contributed by atoms with Crippen LogP contribution in [-0.4, -0.2) is 9.55 Å². The van der Waals surface area contributed by atoms with E-state index in [1.807, 2.05) is 0 Å². The number of nitrogens with two attached hydrogens (primary N) is 1. The van der Waals surface area contributed by atoms with Crippen molar-refractivity contribution >= 4 is 15.9 Å². The predicted molar refractivity (Wildman–Crippen MR) is 58.1 cm³/mol. The van der Waals surface area contributed by atoms with Crippen LogP contribution in [0.2, 0.25) is 0 Å². The van der Waals surface area contributed by atoms with Crippen LogP contribution in [-0.2, 0) is 6.54 Å². The standard InChI is InChI=1S/C10H14BrN3/c11-9-8-7(12)2-1-5-14(8)10(13-9)6-3-4-6/h6-7H,1-5,12H2. The van der Waals surface area contributed by atoms with Gasteiger partial charge in [-0.1, -0.05) is 0 Å². The van der Waals surface area contributed by atoms with Crippen molar-refractivity contribution < 1.29 is 0 Å². The third-order valence-corrected chi connectivity index (χ3v) is 3.77. The predicted octanol–water partition coefficient (Wildman–Crippen LogP) is 2.32. The molecule has 2 heterocycles. The zero-order valence-electron chi connectivity index (χ0n) is 8.04. The number of hydrogen-bond acceptors (Lipinski definition) is 2. The molecule has 1 atom stereocenters. The fraction of sp³-hybridized carbons (Fsp3) is 0.700. The quantitative estimate of drug-likeness (QED) is 0.837. The minimum atomic E-state index is 0.179. The van der Waals surface area contributed by atoms with E-state index in [0.29, 0.717) is 5.92 Å². The molecule has 1 aromatic heterocycles. The summed E-state index contributed by atoms with van der Waals surface area (Å²) in [4.78, 5) is 4.60. The lowest BCUT2D eigenvalue weighted by molar-refractivity contribution is 0.451. The van der Waals surface area contributed by atoms with Gasteiger partial charge in [-0.2, -0.15) is 0 Å². The number of aromatic nitrogens is 2. The van der Waals surface area contributed by atoms with Gasteiger partial charge in [-0.05, 0) is 41.6 Å². The van der Waals surface area contributed by atoms with Gasteiger partial charge in [0.05, 0.1) is 5.69 Å². The molecule has 1 aromatic rings. The van der Waals surface area contributed by atoms with Crippen LogP contribution in [0.25, 0.3) is 0 Å². The Morgan fingerprint density at radius 3 is 2.86 bits per heavy atom. The lowest BCUT2D eigenvalue weighted by Crippen LogP contribution is -2.22. The van der Waals surface area contributed by atoms with Crippen molar-refractivity contribution in [3.05, 3.63) is 16.1 Å². The van der Waals surface area contributed by atoms with Gasteiger partial charge in [0.25, 0.3) is 0 Å². The van der Waals surface area contributed by atoms with E-state index in [2.05, 4.69) is 25.5 Å². The molecule has 0 spiro atoms. The summed E-state index contributed by atoms with van der Waals surface area (Å²) in [6.45, 7) is 1.10. The van der Waals surface area contributed by atoms with Crippen LogP contribution in [0.5, 0.6) is 0 Å². The van der Waals surface area contributed by atoms with E-state index in [4.69, 9.17) is 5.73 Å². The monoisotopic (exact) mass is 255 g/mol. The highest BCUT2D eigenvalue weighted by atomic mass is 79.9. The van der Waals surface area contributed by atoms with Gasteiger partial charge in [-0.3, -0.25) is 0 Å². The molecule has 3 rings (SSSR count). The molecule has 0 aromatic carbocycles. The Morgan fingerprint density at radius 1 is 1.36 bits per heavy atom. The van der Waals surface area contributed by atoms with E-state index in [0.717, 1.165) is 17.6 Å². The summed E-state index contributed by atoms with van der Waals surface area (Å²) in [6, 6.07) is 0.179. The van der Waals surface area contributed by atoms with E-state index in [9.17, 15) is 0 Å². The molecule has 2 N–H and O–H groups in total. The smallest absolute Gasteiger partial charge is 0.129 e. The molecule has 1 aliphatic carbocycles. The SMILES string of the molecule is NC1CCCn2c(C3CC3)nc(Br)c21. The lowest BCUT2D eigenvalue weighted by atomic mass is 10.1. The molecule has 1 aliphatic heterocycles. The summed E-state index contributed by atoms with van der Waals surface area (Å²) in [5.41, 5.74) is 7.31. The maximum atomic E-state index is 6.09. The van der Waals surface area contributed by atoms with E-state index < -0.39 is 0 Å². The van der Waals surface area contributed by atoms with Gasteiger partial charge in [0.15, 0.2) is 0 Å². The van der Waals surface area contributed by atoms with E-state index in [1.54, 1.807) is 0 Å². The van der Waals surface area contributed by atoms with Crippen LogP contribution in [0.1, 0.15) is 49.2 Å². The third-order valence-electron chi connectivity index (χ3n) is 3.18. The second kappa shape index (κ2) is 3.07. The lowest BCUT2D eigenvalue weighted by Gasteiger charge is -2.22. The maximum absolute atomic E-state index is 6.09. The van der Waals surface area contributed by atoms with Gasteiger partial charge >= 0.3 is 0 Å². The van der Waals surface area contributed by atoms with E-state index in [-0.39, 0.29) is 6.04 Å². The summed E-state index contributed by atoms with van der Waals surface area (Å²) in [5.74, 6) is 1.98. The first kappa shape index (κ1) is 8.92. The Kier molecular flexibility index (Phi) is 1.96. The third kappa shape index (κ3) is 1.24. The summed E-state index contributed by atoms with van der Waals surface area (Å²) in [7, 11) is 0. The number of hydrogen-bond donors (Lipinski definition) is 1. The highest BCUT2D eigenvalue weighted by molar-refractivity contribution is 9.10. The second-order valence-electron chi connectivity index (χ2n) is 4.32. The molecule has 2 aliphatic rings. The minimum Gasteiger partial charge on any atom is -0.329 e. The van der Waals surface area contributed by atoms with Crippen molar-refractivity contribution in [2.75, 3.05) is 0 Å². The molecular weight excluding hydrogens is 242 g/mol. The first-order chi connectivity index (χ1) is 6.77. The van der Waals surface area contributed by atoms with Gasteiger partial charge in [-0.15, -0.1) is 0 Å². The van der Waals surface area contributed by atoms with E-state index >= 15 is 0 Å². The average molecular weight is 256 g/mol. The highest BCUT2D eigenvalue weighted by Gasteiger charge is 2.33. The van der Waals surface area contributed by atoms with E-state index in [1.165, 1.54) is 30.8 Å². The molecule has 0 bridgehead atoms. The minimum absolute atomic E-state index is 0.179. The normalized spacial score (nSPS) is 26.3.